The van der Waals surface area contributed by atoms with E-state index < -0.39 is 23.8 Å². The molecule has 306 valence electrons. The smallest absolute Gasteiger partial charge is 0.335 e. The van der Waals surface area contributed by atoms with E-state index in [1.807, 2.05) is 111 Å². The van der Waals surface area contributed by atoms with E-state index in [9.17, 15) is 29.4 Å². The van der Waals surface area contributed by atoms with E-state index in [-0.39, 0.29) is 11.1 Å². The Labute approximate surface area is 379 Å². The molecule has 2 aromatic heterocycles. The van der Waals surface area contributed by atoms with E-state index in [1.165, 1.54) is 36.4 Å². The lowest BCUT2D eigenvalue weighted by Gasteiger charge is -2.18. The second-order valence-electron chi connectivity index (χ2n) is 14.1. The van der Waals surface area contributed by atoms with Crippen molar-refractivity contribution in [2.75, 3.05) is 10.6 Å². The summed E-state index contributed by atoms with van der Waals surface area (Å²) in [7, 11) is 2.20. The molecule has 0 unspecified atom stereocenters. The molecule has 0 spiro atoms. The maximum atomic E-state index is 14.5. The molecule has 0 aliphatic heterocycles. The van der Waals surface area contributed by atoms with E-state index in [4.69, 9.17) is 9.97 Å². The van der Waals surface area contributed by atoms with E-state index in [1.54, 1.807) is 0 Å². The van der Waals surface area contributed by atoms with Crippen LogP contribution in [0.5, 0.6) is 0 Å². The number of carboxylic acid groups (broad SMARTS) is 2. The summed E-state index contributed by atoms with van der Waals surface area (Å²) in [6, 6.07) is 38.9. The number of carbonyl (C=O) groups excluding carboxylic acids is 2. The van der Waals surface area contributed by atoms with Crippen LogP contribution >= 0.6 is 53.4 Å². The Bertz CT molecular complexity index is 2920. The molecule has 4 N–H and O–H groups in total. The Hall–Kier alpha value is -6.32. The number of pyridine rings is 2. The molecule has 0 aliphatic rings. The number of amides is 2. The zero-order valence-electron chi connectivity index (χ0n) is 32.7. The number of halogens is 2. The van der Waals surface area contributed by atoms with Gasteiger partial charge in [0.05, 0.1) is 56.0 Å². The first-order valence-corrected chi connectivity index (χ1v) is 22.6. The summed E-state index contributed by atoms with van der Waals surface area (Å²) in [5.41, 5.74) is 6.84. The largest absolute Gasteiger partial charge is 0.478 e. The van der Waals surface area contributed by atoms with Crippen LogP contribution < -0.4 is 10.6 Å². The van der Waals surface area contributed by atoms with Crippen molar-refractivity contribution >= 4 is 110 Å². The van der Waals surface area contributed by atoms with Gasteiger partial charge in [-0.3, -0.25) is 9.59 Å². The van der Waals surface area contributed by atoms with Gasteiger partial charge >= 0.3 is 11.9 Å². The number of nitrogens with one attached hydrogen (secondary N) is 2. The minimum atomic E-state index is -1.18. The lowest BCUT2D eigenvalue weighted by Crippen LogP contribution is -2.16. The van der Waals surface area contributed by atoms with E-state index in [0.717, 1.165) is 41.7 Å². The maximum Gasteiger partial charge on any atom is 0.335 e. The number of aromatic carboxylic acids is 2. The molecule has 2 amide bonds. The third kappa shape index (κ3) is 8.72. The van der Waals surface area contributed by atoms with E-state index >= 15 is 0 Å². The number of fused-ring (bicyclic) bond motifs is 2. The second-order valence-corrected chi connectivity index (χ2v) is 18.1. The van der Waals surface area contributed by atoms with E-state index in [0.29, 0.717) is 76.6 Å². The van der Waals surface area contributed by atoms with Crippen LogP contribution in [-0.2, 0) is 0 Å². The number of anilines is 2. The summed E-state index contributed by atoms with van der Waals surface area (Å²) in [4.78, 5) is 63.9. The molecule has 0 atom stereocenters. The summed E-state index contributed by atoms with van der Waals surface area (Å²) in [5.74, 6) is -3.24. The number of aromatic nitrogens is 2. The maximum absolute atomic E-state index is 14.5. The Kier molecular flexibility index (Phi) is 12.3. The second kappa shape index (κ2) is 18.0. The van der Waals surface area contributed by atoms with Crippen molar-refractivity contribution < 1.29 is 29.4 Å². The zero-order valence-corrected chi connectivity index (χ0v) is 37.5. The Morgan fingerprint density at radius 1 is 0.516 bits per heavy atom. The van der Waals surface area contributed by atoms with Gasteiger partial charge in [0, 0.05) is 40.6 Å². The van der Waals surface area contributed by atoms with Gasteiger partial charge in [-0.05, 0) is 97.8 Å². The van der Waals surface area contributed by atoms with Crippen LogP contribution in [0.4, 0.5) is 11.4 Å². The molecule has 0 fully saturated rings. The highest BCUT2D eigenvalue weighted by Crippen LogP contribution is 2.45. The highest BCUT2D eigenvalue weighted by Gasteiger charge is 2.24. The monoisotopic (exact) mass is 982 g/mol. The number of benzene rings is 6. The average Bonchev–Trinajstić information content (AvgIpc) is 3.26. The Morgan fingerprint density at radius 3 is 1.27 bits per heavy atom. The standard InChI is InChI=1S/C48H32Br2N4O6S2/c1-25-41(33-23-31(49)15-19-35(33)51-43(25)27-9-5-3-6-10-27)45(55)53-37-17-13-29(47(57)58)21-39(37)61-62-40-22-30(48(59)60)14-18-38(40)54-46(56)42-26(2)44(28-11-7-4-8-12-28)52-36-20-16-32(50)24-34(36)42/h3-24H,1-2H3,(H,53,55)(H,54,56)(H,57,58)(H,59,60). The van der Waals surface area contributed by atoms with Crippen LogP contribution in [0.25, 0.3) is 44.3 Å². The number of nitrogens with zero attached hydrogens (tertiary/aromatic N) is 2. The summed E-state index contributed by atoms with van der Waals surface area (Å²) in [6.45, 7) is 3.68. The van der Waals surface area contributed by atoms with Crippen molar-refractivity contribution in [3.8, 4) is 22.5 Å². The molecule has 0 saturated carbocycles. The lowest BCUT2D eigenvalue weighted by molar-refractivity contribution is 0.0686. The van der Waals surface area contributed by atoms with Crippen molar-refractivity contribution in [1.29, 1.82) is 0 Å². The lowest BCUT2D eigenvalue weighted by atomic mass is 9.97. The van der Waals surface area contributed by atoms with Crippen molar-refractivity contribution in [1.82, 2.24) is 9.97 Å². The molecule has 6 aromatic carbocycles. The van der Waals surface area contributed by atoms with Gasteiger partial charge in [-0.2, -0.15) is 0 Å². The fourth-order valence-corrected chi connectivity index (χ4v) is 10.2. The van der Waals surface area contributed by atoms with Gasteiger partial charge < -0.3 is 20.8 Å². The highest BCUT2D eigenvalue weighted by atomic mass is 79.9. The predicted octanol–water partition coefficient (Wildman–Crippen LogP) is 13.0. The zero-order chi connectivity index (χ0) is 43.7. The van der Waals surface area contributed by atoms with Crippen LogP contribution in [-0.4, -0.2) is 43.9 Å². The Balaban J connectivity index is 1.16. The molecule has 2 heterocycles. The molecule has 0 saturated heterocycles. The van der Waals surface area contributed by atoms with Crippen LogP contribution in [0.15, 0.2) is 152 Å². The predicted molar refractivity (Wildman–Crippen MR) is 254 cm³/mol. The molecular formula is C48H32Br2N4O6S2. The Morgan fingerprint density at radius 2 is 0.903 bits per heavy atom. The minimum absolute atomic E-state index is 0.0276. The van der Waals surface area contributed by atoms with Crippen molar-refractivity contribution in [2.45, 2.75) is 23.6 Å². The molecule has 8 aromatic rings. The molecular weight excluding hydrogens is 952 g/mol. The third-order valence-electron chi connectivity index (χ3n) is 10.1. The summed E-state index contributed by atoms with van der Waals surface area (Å²) >= 11 is 7.07. The van der Waals surface area contributed by atoms with Gasteiger partial charge in [0.2, 0.25) is 0 Å². The first kappa shape index (κ1) is 42.4. The van der Waals surface area contributed by atoms with Crippen LogP contribution in [0, 0.1) is 13.8 Å². The topological polar surface area (TPSA) is 159 Å². The van der Waals surface area contributed by atoms with Gasteiger partial charge in [0.25, 0.3) is 11.8 Å². The highest BCUT2D eigenvalue weighted by molar-refractivity contribution is 9.10. The number of hydrogen-bond donors (Lipinski definition) is 4. The van der Waals surface area contributed by atoms with Crippen LogP contribution in [0.1, 0.15) is 52.6 Å². The van der Waals surface area contributed by atoms with Crippen LogP contribution in [0.3, 0.4) is 0 Å². The quantitative estimate of drug-likeness (QED) is 0.0919. The molecule has 10 nitrogen and oxygen atoms in total. The van der Waals surface area contributed by atoms with E-state index in [2.05, 4.69) is 42.5 Å². The van der Waals surface area contributed by atoms with Gasteiger partial charge in [0.15, 0.2) is 0 Å². The molecule has 14 heteroatoms. The molecule has 62 heavy (non-hydrogen) atoms. The fourth-order valence-electron chi connectivity index (χ4n) is 7.12. The summed E-state index contributed by atoms with van der Waals surface area (Å²) in [5, 5.41) is 27.2. The summed E-state index contributed by atoms with van der Waals surface area (Å²) in [6.07, 6.45) is 0. The van der Waals surface area contributed by atoms with Gasteiger partial charge in [-0.25, -0.2) is 19.6 Å². The average molecular weight is 985 g/mol. The van der Waals surface area contributed by atoms with Gasteiger partial charge in [-0.15, -0.1) is 0 Å². The first-order chi connectivity index (χ1) is 29.9. The molecule has 8 rings (SSSR count). The van der Waals surface area contributed by atoms with Gasteiger partial charge in [0.1, 0.15) is 0 Å². The molecule has 0 bridgehead atoms. The fraction of sp³-hybridized carbons (Fsp3) is 0.0417. The number of rotatable bonds is 11. The van der Waals surface area contributed by atoms with Crippen molar-refractivity contribution in [3.05, 3.63) is 176 Å². The van der Waals surface area contributed by atoms with Gasteiger partial charge in [-0.1, -0.05) is 114 Å². The number of carbonyl (C=O) groups is 4. The minimum Gasteiger partial charge on any atom is -0.478 e. The van der Waals surface area contributed by atoms with Crippen LogP contribution in [0.2, 0.25) is 0 Å². The third-order valence-corrected chi connectivity index (χ3v) is 13.5. The summed E-state index contributed by atoms with van der Waals surface area (Å²) < 4.78 is 1.52. The van der Waals surface area contributed by atoms with Crippen molar-refractivity contribution in [2.24, 2.45) is 0 Å². The normalized spacial score (nSPS) is 11.1. The first-order valence-electron chi connectivity index (χ1n) is 18.9. The molecule has 0 aliphatic carbocycles. The SMILES string of the molecule is Cc1c(-c2ccccc2)nc2ccc(Br)cc2c1C(=O)Nc1ccc(C(=O)O)cc1SSc1cc(C(=O)O)ccc1NC(=O)c1c(C)c(-c2ccccc2)nc2ccc(Br)cc12. The molecule has 0 radical (unpaired) electrons. The number of carboxylic acids is 2. The van der Waals surface area contributed by atoms with Crippen molar-refractivity contribution in [3.63, 3.8) is 0 Å². The number of hydrogen-bond acceptors (Lipinski definition) is 8.